The summed E-state index contributed by atoms with van der Waals surface area (Å²) in [5.41, 5.74) is 4.27. The van der Waals surface area contributed by atoms with Crippen molar-refractivity contribution in [2.75, 3.05) is 0 Å². The van der Waals surface area contributed by atoms with Crippen LogP contribution >= 0.6 is 0 Å². The minimum atomic E-state index is -0.846. The molecule has 4 rings (SSSR count). The van der Waals surface area contributed by atoms with E-state index in [9.17, 15) is 13.2 Å². The summed E-state index contributed by atoms with van der Waals surface area (Å²) >= 11 is 0. The normalized spacial score (nSPS) is 20.6. The number of hydrogen-bond donors (Lipinski definition) is 0. The van der Waals surface area contributed by atoms with E-state index >= 15 is 0 Å². The number of hydrogen-bond acceptors (Lipinski definition) is 0. The molecule has 0 radical (unpaired) electrons. The lowest BCUT2D eigenvalue weighted by molar-refractivity contribution is 0.484. The Morgan fingerprint density at radius 3 is 2.36 bits per heavy atom. The first kappa shape index (κ1) is 23.1. The lowest BCUT2D eigenvalue weighted by Crippen LogP contribution is -2.08. The average Bonchev–Trinajstić information content (AvgIpc) is 2.83. The van der Waals surface area contributed by atoms with Crippen LogP contribution in [0.1, 0.15) is 44.2 Å². The third-order valence-corrected chi connectivity index (χ3v) is 6.41. The molecule has 0 spiro atoms. The predicted molar refractivity (Wildman–Crippen MR) is 131 cm³/mol. The van der Waals surface area contributed by atoms with Crippen LogP contribution in [-0.2, 0) is 6.42 Å². The molecular weight excluding hydrogens is 417 g/mol. The molecule has 3 heteroatoms. The van der Waals surface area contributed by atoms with Gasteiger partial charge in [0, 0.05) is 23.0 Å². The molecule has 33 heavy (non-hydrogen) atoms. The molecule has 0 bridgehead atoms. The van der Waals surface area contributed by atoms with Crippen LogP contribution in [0.15, 0.2) is 89.8 Å². The van der Waals surface area contributed by atoms with E-state index in [0.29, 0.717) is 5.56 Å². The fourth-order valence-corrected chi connectivity index (χ4v) is 4.29. The van der Waals surface area contributed by atoms with Gasteiger partial charge in [0.15, 0.2) is 11.6 Å². The summed E-state index contributed by atoms with van der Waals surface area (Å²) in [4.78, 5) is 0. The van der Waals surface area contributed by atoms with Crippen molar-refractivity contribution in [3.63, 3.8) is 0 Å². The van der Waals surface area contributed by atoms with Crippen LogP contribution in [0.5, 0.6) is 0 Å². The summed E-state index contributed by atoms with van der Waals surface area (Å²) in [7, 11) is 0. The van der Waals surface area contributed by atoms with E-state index in [0.717, 1.165) is 36.8 Å². The van der Waals surface area contributed by atoms with Crippen LogP contribution < -0.4 is 0 Å². The number of rotatable bonds is 6. The van der Waals surface area contributed by atoms with Gasteiger partial charge in [-0.1, -0.05) is 93.1 Å². The number of halogens is 3. The molecule has 0 heterocycles. The second-order valence-corrected chi connectivity index (χ2v) is 8.89. The molecule has 2 unspecified atom stereocenters. The smallest absolute Gasteiger partial charge is 0.167 e. The topological polar surface area (TPSA) is 0 Å². The van der Waals surface area contributed by atoms with Crippen molar-refractivity contribution >= 4 is 6.08 Å². The molecule has 2 atom stereocenters. The lowest BCUT2D eigenvalue weighted by Gasteiger charge is -2.21. The van der Waals surface area contributed by atoms with Crippen LogP contribution in [-0.4, -0.2) is 0 Å². The number of aryl methyl sites for hydroxylation is 1. The van der Waals surface area contributed by atoms with Crippen LogP contribution in [0.25, 0.3) is 17.2 Å². The zero-order valence-electron chi connectivity index (χ0n) is 19.1. The van der Waals surface area contributed by atoms with Crippen LogP contribution in [0.4, 0.5) is 13.2 Å². The van der Waals surface area contributed by atoms with Crippen molar-refractivity contribution in [3.05, 3.63) is 113 Å². The highest BCUT2D eigenvalue weighted by Gasteiger charge is 2.19. The van der Waals surface area contributed by atoms with Gasteiger partial charge in [-0.25, -0.2) is 13.2 Å². The van der Waals surface area contributed by atoms with E-state index in [1.165, 1.54) is 5.56 Å². The van der Waals surface area contributed by atoms with Gasteiger partial charge in [0.2, 0.25) is 0 Å². The van der Waals surface area contributed by atoms with E-state index in [-0.39, 0.29) is 28.8 Å². The van der Waals surface area contributed by atoms with Gasteiger partial charge in [-0.3, -0.25) is 0 Å². The van der Waals surface area contributed by atoms with Crippen LogP contribution in [0, 0.1) is 23.5 Å². The van der Waals surface area contributed by atoms with Gasteiger partial charge in [-0.05, 0) is 47.6 Å². The highest BCUT2D eigenvalue weighted by Crippen LogP contribution is 2.33. The third kappa shape index (κ3) is 5.30. The molecule has 0 aliphatic heterocycles. The Balaban J connectivity index is 1.45. The summed E-state index contributed by atoms with van der Waals surface area (Å²) in [5, 5.41) is 0. The lowest BCUT2D eigenvalue weighted by atomic mass is 9.85. The minimum Gasteiger partial charge on any atom is -0.212 e. The van der Waals surface area contributed by atoms with E-state index < -0.39 is 11.6 Å². The average molecular weight is 447 g/mol. The molecule has 2 aromatic carbocycles. The Labute approximate surface area is 194 Å². The highest BCUT2D eigenvalue weighted by molar-refractivity contribution is 5.68. The van der Waals surface area contributed by atoms with Gasteiger partial charge in [0.1, 0.15) is 5.83 Å². The van der Waals surface area contributed by atoms with E-state index in [4.69, 9.17) is 0 Å². The third-order valence-electron chi connectivity index (χ3n) is 6.41. The van der Waals surface area contributed by atoms with Gasteiger partial charge in [-0.2, -0.15) is 0 Å². The standard InChI is InChI=1S/C30H29F3/c1-3-4-21-8-14-24(15-9-21)27-18-17-25(29(32)30(27)33)16-10-22-6-12-23(13-7-22)26-11-5-20(2)28(31)19-26/h6-12,14-20,23H,3-5,13H2,1-2H3/b16-10+. The zero-order valence-corrected chi connectivity index (χ0v) is 19.1. The van der Waals surface area contributed by atoms with Crippen molar-refractivity contribution < 1.29 is 13.2 Å². The quantitative estimate of drug-likeness (QED) is 0.415. The molecule has 0 saturated heterocycles. The molecule has 0 nitrogen and oxygen atoms in total. The Hall–Kier alpha value is -3.07. The summed E-state index contributed by atoms with van der Waals surface area (Å²) in [6.07, 6.45) is 16.7. The Bertz CT molecular complexity index is 1160. The summed E-state index contributed by atoms with van der Waals surface area (Å²) in [6, 6.07) is 10.9. The summed E-state index contributed by atoms with van der Waals surface area (Å²) in [5.74, 6) is -1.63. The van der Waals surface area contributed by atoms with Crippen molar-refractivity contribution in [2.24, 2.45) is 11.8 Å². The van der Waals surface area contributed by atoms with Crippen molar-refractivity contribution in [2.45, 2.75) is 39.5 Å². The second kappa shape index (κ2) is 10.2. The van der Waals surface area contributed by atoms with Crippen molar-refractivity contribution in [1.82, 2.24) is 0 Å². The fraction of sp³-hybridized carbons (Fsp3) is 0.267. The molecule has 0 amide bonds. The monoisotopic (exact) mass is 446 g/mol. The first-order valence-corrected chi connectivity index (χ1v) is 11.7. The molecule has 0 fully saturated rings. The molecule has 0 N–H and O–H groups in total. The first-order chi connectivity index (χ1) is 16.0. The van der Waals surface area contributed by atoms with E-state index in [1.54, 1.807) is 30.4 Å². The predicted octanol–water partition coefficient (Wildman–Crippen LogP) is 8.92. The molecule has 2 aliphatic rings. The Morgan fingerprint density at radius 1 is 0.909 bits per heavy atom. The molecule has 0 aromatic heterocycles. The molecule has 2 aromatic rings. The molecule has 2 aliphatic carbocycles. The van der Waals surface area contributed by atoms with Gasteiger partial charge in [0.05, 0.1) is 0 Å². The van der Waals surface area contributed by atoms with Gasteiger partial charge in [0.25, 0.3) is 0 Å². The van der Waals surface area contributed by atoms with Crippen molar-refractivity contribution in [1.29, 1.82) is 0 Å². The molecular formula is C30H29F3. The second-order valence-electron chi connectivity index (χ2n) is 8.89. The van der Waals surface area contributed by atoms with Crippen LogP contribution in [0.3, 0.4) is 0 Å². The number of benzene rings is 2. The van der Waals surface area contributed by atoms with Gasteiger partial charge < -0.3 is 0 Å². The van der Waals surface area contributed by atoms with Gasteiger partial charge in [-0.15, -0.1) is 0 Å². The summed E-state index contributed by atoms with van der Waals surface area (Å²) < 4.78 is 43.5. The first-order valence-electron chi connectivity index (χ1n) is 11.7. The minimum absolute atomic E-state index is 0.0440. The highest BCUT2D eigenvalue weighted by atomic mass is 19.2. The maximum atomic E-state index is 14.8. The maximum absolute atomic E-state index is 14.8. The van der Waals surface area contributed by atoms with E-state index in [2.05, 4.69) is 13.0 Å². The van der Waals surface area contributed by atoms with Gasteiger partial charge >= 0.3 is 0 Å². The SMILES string of the molecule is CCCc1ccc(-c2ccc(/C=C/C3=CCC(C4=CCC(C)C(F)=C4)C=C3)c(F)c2F)cc1. The largest absolute Gasteiger partial charge is 0.212 e. The Kier molecular flexibility index (Phi) is 7.17. The fourth-order valence-electron chi connectivity index (χ4n) is 4.29. The molecule has 0 saturated carbocycles. The maximum Gasteiger partial charge on any atom is 0.167 e. The van der Waals surface area contributed by atoms with E-state index in [1.807, 2.05) is 49.4 Å². The van der Waals surface area contributed by atoms with Crippen molar-refractivity contribution in [3.8, 4) is 11.1 Å². The zero-order chi connectivity index (χ0) is 23.4. The molecule has 170 valence electrons. The van der Waals surface area contributed by atoms with Crippen LogP contribution in [0.2, 0.25) is 0 Å². The summed E-state index contributed by atoms with van der Waals surface area (Å²) in [6.45, 7) is 4.00. The number of allylic oxidation sites excluding steroid dienone is 9. The Morgan fingerprint density at radius 2 is 1.70 bits per heavy atom.